The molecule has 1 aliphatic heterocycles. The molecule has 0 unspecified atom stereocenters. The van der Waals surface area contributed by atoms with Crippen LogP contribution in [0.3, 0.4) is 0 Å². The van der Waals surface area contributed by atoms with Crippen molar-refractivity contribution in [2.45, 2.75) is 6.04 Å². The summed E-state index contributed by atoms with van der Waals surface area (Å²) in [7, 11) is 3.72. The summed E-state index contributed by atoms with van der Waals surface area (Å²) in [5.41, 5.74) is 3.76. The topological polar surface area (TPSA) is 76.1 Å². The fourth-order valence-corrected chi connectivity index (χ4v) is 4.10. The maximum Gasteiger partial charge on any atom is 0.289 e. The number of benzene rings is 1. The van der Waals surface area contributed by atoms with E-state index in [4.69, 9.17) is 9.15 Å². The molecular weight excluding hydrogens is 394 g/mol. The number of furan rings is 1. The molecule has 0 saturated carbocycles. The molecule has 1 aliphatic rings. The number of piperazine rings is 1. The van der Waals surface area contributed by atoms with Crippen molar-refractivity contribution >= 4 is 11.4 Å². The number of aromatic nitrogens is 3. The molecule has 0 bridgehead atoms. The lowest BCUT2D eigenvalue weighted by Gasteiger charge is -2.38. The van der Waals surface area contributed by atoms with Gasteiger partial charge in [0.25, 0.3) is 5.91 Å². The Labute approximate surface area is 179 Å². The van der Waals surface area contributed by atoms with Crippen LogP contribution < -0.4 is 4.74 Å². The molecule has 1 atom stereocenters. The van der Waals surface area contributed by atoms with Gasteiger partial charge >= 0.3 is 0 Å². The second-order valence-electron chi connectivity index (χ2n) is 7.65. The van der Waals surface area contributed by atoms with Crippen LogP contribution in [0.2, 0.25) is 0 Å². The molecule has 31 heavy (non-hydrogen) atoms. The number of fused-ring (bicyclic) bond motifs is 1. The number of rotatable bonds is 4. The van der Waals surface area contributed by atoms with Crippen molar-refractivity contribution in [3.05, 3.63) is 72.4 Å². The van der Waals surface area contributed by atoms with Crippen LogP contribution in [0.5, 0.6) is 5.75 Å². The lowest BCUT2D eigenvalue weighted by atomic mass is 10.0. The predicted molar refractivity (Wildman–Crippen MR) is 115 cm³/mol. The SMILES string of the molecule is COc1ccccc1-c1ccc2c([C@H]3CN(C(=O)c4ccco4)CCN3C)nnn2c1. The Morgan fingerprint density at radius 3 is 2.81 bits per heavy atom. The molecule has 8 heteroatoms. The number of hydrogen-bond acceptors (Lipinski definition) is 6. The number of amides is 1. The molecule has 0 spiro atoms. The molecule has 0 aliphatic carbocycles. The lowest BCUT2D eigenvalue weighted by molar-refractivity contribution is 0.0513. The number of nitrogens with zero attached hydrogens (tertiary/aromatic N) is 5. The van der Waals surface area contributed by atoms with Crippen LogP contribution in [-0.4, -0.2) is 64.3 Å². The highest BCUT2D eigenvalue weighted by Gasteiger charge is 2.32. The van der Waals surface area contributed by atoms with Crippen molar-refractivity contribution in [1.82, 2.24) is 24.6 Å². The monoisotopic (exact) mass is 417 g/mol. The third kappa shape index (κ3) is 3.44. The van der Waals surface area contributed by atoms with Gasteiger partial charge in [0, 0.05) is 37.0 Å². The molecule has 0 N–H and O–H groups in total. The molecule has 1 fully saturated rings. The first-order valence-corrected chi connectivity index (χ1v) is 10.2. The molecule has 8 nitrogen and oxygen atoms in total. The minimum absolute atomic E-state index is 0.0535. The molecular formula is C23H23N5O3. The van der Waals surface area contributed by atoms with Crippen LogP contribution in [0.25, 0.3) is 16.6 Å². The van der Waals surface area contributed by atoms with Crippen molar-refractivity contribution in [2.75, 3.05) is 33.8 Å². The van der Waals surface area contributed by atoms with E-state index in [9.17, 15) is 4.79 Å². The zero-order valence-electron chi connectivity index (χ0n) is 17.4. The van der Waals surface area contributed by atoms with Crippen LogP contribution in [0, 0.1) is 0 Å². The molecule has 3 aromatic heterocycles. The summed E-state index contributed by atoms with van der Waals surface area (Å²) in [4.78, 5) is 16.8. The lowest BCUT2D eigenvalue weighted by Crippen LogP contribution is -2.49. The van der Waals surface area contributed by atoms with E-state index in [-0.39, 0.29) is 11.9 Å². The second kappa shape index (κ2) is 7.88. The Bertz CT molecular complexity index is 1220. The average Bonchev–Trinajstić information content (AvgIpc) is 3.49. The van der Waals surface area contributed by atoms with Gasteiger partial charge in [-0.3, -0.25) is 9.69 Å². The maximum atomic E-state index is 12.8. The van der Waals surface area contributed by atoms with Gasteiger partial charge in [0.05, 0.1) is 24.9 Å². The number of pyridine rings is 1. The average molecular weight is 417 g/mol. The van der Waals surface area contributed by atoms with E-state index < -0.39 is 0 Å². The molecule has 0 radical (unpaired) electrons. The smallest absolute Gasteiger partial charge is 0.289 e. The first-order valence-electron chi connectivity index (χ1n) is 10.2. The highest BCUT2D eigenvalue weighted by atomic mass is 16.5. The standard InChI is InChI=1S/C23H23N5O3/c1-26-11-12-27(23(29)21-8-5-13-31-21)15-19(26)22-18-10-9-16(14-28(18)25-24-22)17-6-3-4-7-20(17)30-2/h3-10,13-14,19H,11-12,15H2,1-2H3/t19-/m1/s1. The van der Waals surface area contributed by atoms with Crippen LogP contribution in [-0.2, 0) is 0 Å². The molecule has 158 valence electrons. The van der Waals surface area contributed by atoms with Crippen LogP contribution >= 0.6 is 0 Å². The van der Waals surface area contributed by atoms with Crippen LogP contribution in [0.1, 0.15) is 22.3 Å². The van der Waals surface area contributed by atoms with Gasteiger partial charge in [0.1, 0.15) is 11.4 Å². The van der Waals surface area contributed by atoms with Crippen molar-refractivity contribution in [3.63, 3.8) is 0 Å². The van der Waals surface area contributed by atoms with E-state index in [2.05, 4.69) is 21.3 Å². The normalized spacial score (nSPS) is 17.2. The number of carbonyl (C=O) groups excluding carboxylic acids is 1. The first kappa shape index (κ1) is 19.3. The van der Waals surface area contributed by atoms with Crippen molar-refractivity contribution < 1.29 is 13.9 Å². The largest absolute Gasteiger partial charge is 0.496 e. The van der Waals surface area contributed by atoms with Gasteiger partial charge in [0.15, 0.2) is 5.76 Å². The van der Waals surface area contributed by atoms with Gasteiger partial charge in [-0.1, -0.05) is 29.5 Å². The van der Waals surface area contributed by atoms with E-state index >= 15 is 0 Å². The van der Waals surface area contributed by atoms with Crippen molar-refractivity contribution in [2.24, 2.45) is 0 Å². The van der Waals surface area contributed by atoms with Gasteiger partial charge in [-0.25, -0.2) is 4.52 Å². The molecule has 4 heterocycles. The predicted octanol–water partition coefficient (Wildman–Crippen LogP) is 3.13. The van der Waals surface area contributed by atoms with Gasteiger partial charge in [0.2, 0.25) is 0 Å². The molecule has 5 rings (SSSR count). The summed E-state index contributed by atoms with van der Waals surface area (Å²) < 4.78 is 12.6. The summed E-state index contributed by atoms with van der Waals surface area (Å²) in [6.07, 6.45) is 3.48. The Hall–Kier alpha value is -3.65. The summed E-state index contributed by atoms with van der Waals surface area (Å²) in [6.45, 7) is 1.91. The van der Waals surface area contributed by atoms with Gasteiger partial charge in [-0.15, -0.1) is 5.10 Å². The zero-order chi connectivity index (χ0) is 21.4. The molecule has 1 saturated heterocycles. The van der Waals surface area contributed by atoms with Crippen molar-refractivity contribution in [1.29, 1.82) is 0 Å². The molecule has 1 amide bonds. The zero-order valence-corrected chi connectivity index (χ0v) is 17.4. The van der Waals surface area contributed by atoms with E-state index in [1.54, 1.807) is 23.8 Å². The van der Waals surface area contributed by atoms with Crippen LogP contribution in [0.15, 0.2) is 65.4 Å². The first-order chi connectivity index (χ1) is 15.2. The number of likely N-dealkylation sites (N-methyl/N-ethyl adjacent to an activating group) is 1. The quantitative estimate of drug-likeness (QED) is 0.508. The highest BCUT2D eigenvalue weighted by Crippen LogP contribution is 2.31. The fourth-order valence-electron chi connectivity index (χ4n) is 4.10. The summed E-state index contributed by atoms with van der Waals surface area (Å²) in [6, 6.07) is 15.3. The van der Waals surface area contributed by atoms with Crippen LogP contribution in [0.4, 0.5) is 0 Å². The highest BCUT2D eigenvalue weighted by molar-refractivity contribution is 5.91. The van der Waals surface area contributed by atoms with Gasteiger partial charge < -0.3 is 14.1 Å². The summed E-state index contributed by atoms with van der Waals surface area (Å²) in [5, 5.41) is 8.85. The van der Waals surface area contributed by atoms with E-state index in [0.717, 1.165) is 34.6 Å². The third-order valence-electron chi connectivity index (χ3n) is 5.84. The van der Waals surface area contributed by atoms with Gasteiger partial charge in [-0.2, -0.15) is 0 Å². The Morgan fingerprint density at radius 2 is 2.00 bits per heavy atom. The minimum atomic E-state index is -0.0990. The molecule has 4 aromatic rings. The maximum absolute atomic E-state index is 12.8. The van der Waals surface area contributed by atoms with E-state index in [1.807, 2.05) is 48.5 Å². The Balaban J connectivity index is 1.46. The third-order valence-corrected chi connectivity index (χ3v) is 5.84. The minimum Gasteiger partial charge on any atom is -0.496 e. The van der Waals surface area contributed by atoms with Crippen molar-refractivity contribution in [3.8, 4) is 16.9 Å². The second-order valence-corrected chi connectivity index (χ2v) is 7.65. The van der Waals surface area contributed by atoms with Gasteiger partial charge in [-0.05, 0) is 31.3 Å². The Kier molecular flexibility index (Phi) is 4.91. The number of ether oxygens (including phenoxy) is 1. The fraction of sp³-hybridized carbons (Fsp3) is 0.261. The van der Waals surface area contributed by atoms with E-state index in [0.29, 0.717) is 18.8 Å². The number of hydrogen-bond donors (Lipinski definition) is 0. The molecule has 1 aromatic carbocycles. The number of para-hydroxylation sites is 1. The number of carbonyl (C=O) groups is 1. The summed E-state index contributed by atoms with van der Waals surface area (Å²) >= 11 is 0. The number of methoxy groups -OCH3 is 1. The summed E-state index contributed by atoms with van der Waals surface area (Å²) in [5.74, 6) is 1.07. The van der Waals surface area contributed by atoms with E-state index in [1.165, 1.54) is 6.26 Å². The Morgan fingerprint density at radius 1 is 1.13 bits per heavy atom.